The summed E-state index contributed by atoms with van der Waals surface area (Å²) in [5.41, 5.74) is -0.719. The monoisotopic (exact) mass is 221 g/mol. The summed E-state index contributed by atoms with van der Waals surface area (Å²) in [6.07, 6.45) is -3.42. The maximum atomic E-state index is 12.2. The molecule has 15 heavy (non-hydrogen) atoms. The molecule has 0 spiro atoms. The van der Waals surface area contributed by atoms with Crippen molar-refractivity contribution in [1.82, 2.24) is 0 Å². The molecule has 1 heterocycles. The molecule has 1 aromatic heterocycles. The number of nitrogens with zero attached hydrogens (tertiary/aromatic N) is 1. The fourth-order valence-corrected chi connectivity index (χ4v) is 1.10. The number of aromatic nitrogens is 1. The van der Waals surface area contributed by atoms with Crippen LogP contribution in [0, 0.1) is 0 Å². The minimum Gasteiger partial charge on any atom is -0.392 e. The Labute approximate surface area is 85.2 Å². The molecule has 1 aromatic rings. The number of anilines is 1. The molecule has 0 atom stereocenters. The Kier molecular flexibility index (Phi) is 3.52. The normalized spacial score (nSPS) is 11.5. The van der Waals surface area contributed by atoms with E-state index in [9.17, 15) is 13.2 Å². The van der Waals surface area contributed by atoms with E-state index in [-0.39, 0.29) is 6.61 Å². The average molecular weight is 221 g/mol. The van der Waals surface area contributed by atoms with Crippen molar-refractivity contribution in [2.75, 3.05) is 25.1 Å². The molecule has 0 saturated heterocycles. The third-order valence-corrected chi connectivity index (χ3v) is 1.97. The third kappa shape index (κ3) is 3.09. The molecule has 0 amide bonds. The van der Waals surface area contributed by atoms with Crippen LogP contribution < -0.4 is 9.88 Å². The maximum Gasteiger partial charge on any atom is 0.419 e. The fraction of sp³-hybridized carbons (Fsp3) is 0.444. The molecular weight excluding hydrogens is 209 g/mol. The summed E-state index contributed by atoms with van der Waals surface area (Å²) in [5, 5.41) is 8.65. The second-order valence-corrected chi connectivity index (χ2v) is 3.11. The predicted octanol–water partition coefficient (Wildman–Crippen LogP) is 0.948. The summed E-state index contributed by atoms with van der Waals surface area (Å²) >= 11 is 0. The second-order valence-electron chi connectivity index (χ2n) is 3.11. The Bertz CT molecular complexity index is 310. The zero-order valence-electron chi connectivity index (χ0n) is 8.17. The molecule has 0 bridgehead atoms. The molecule has 0 unspecified atom stereocenters. The summed E-state index contributed by atoms with van der Waals surface area (Å²) in [6.45, 7) is 0.313. The number of alkyl halides is 3. The minimum absolute atomic E-state index is 0.0502. The number of hydrogen-bond donors (Lipinski definition) is 1. The molecule has 0 radical (unpaired) electrons. The molecule has 0 aromatic carbocycles. The van der Waals surface area contributed by atoms with Crippen molar-refractivity contribution in [2.24, 2.45) is 0 Å². The van der Waals surface area contributed by atoms with Crippen LogP contribution in [-0.2, 0) is 6.18 Å². The highest BCUT2D eigenvalue weighted by atomic mass is 19.4. The lowest BCUT2D eigenvalue weighted by molar-refractivity contribution is -0.367. The number of nitrogens with one attached hydrogen (secondary N) is 1. The van der Waals surface area contributed by atoms with Gasteiger partial charge in [-0.2, -0.15) is 13.2 Å². The predicted molar refractivity (Wildman–Crippen MR) is 48.4 cm³/mol. The van der Waals surface area contributed by atoms with Gasteiger partial charge in [0.1, 0.15) is 12.7 Å². The highest BCUT2D eigenvalue weighted by Gasteiger charge is 2.31. The van der Waals surface area contributed by atoms with Crippen molar-refractivity contribution < 1.29 is 23.3 Å². The lowest BCUT2D eigenvalue weighted by Crippen LogP contribution is -2.28. The first-order valence-corrected chi connectivity index (χ1v) is 4.36. The van der Waals surface area contributed by atoms with Crippen LogP contribution in [0.1, 0.15) is 5.56 Å². The van der Waals surface area contributed by atoms with Gasteiger partial charge in [0.2, 0.25) is 0 Å². The molecule has 3 nitrogen and oxygen atoms in total. The highest BCUT2D eigenvalue weighted by molar-refractivity contribution is 5.32. The van der Waals surface area contributed by atoms with Crippen molar-refractivity contribution in [3.63, 3.8) is 0 Å². The van der Waals surface area contributed by atoms with Gasteiger partial charge in [0, 0.05) is 6.07 Å². The van der Waals surface area contributed by atoms with Gasteiger partial charge in [-0.3, -0.25) is 4.90 Å². The van der Waals surface area contributed by atoms with Crippen LogP contribution in [0.2, 0.25) is 0 Å². The van der Waals surface area contributed by atoms with Crippen molar-refractivity contribution in [1.29, 1.82) is 0 Å². The number of hydrogen-bond acceptors (Lipinski definition) is 2. The summed E-state index contributed by atoms with van der Waals surface area (Å²) in [5.74, 6) is 0.525. The molecule has 1 rings (SSSR count). The van der Waals surface area contributed by atoms with E-state index in [2.05, 4.69) is 4.98 Å². The Hall–Kier alpha value is -1.30. The second kappa shape index (κ2) is 4.48. The van der Waals surface area contributed by atoms with Crippen LogP contribution in [0.25, 0.3) is 0 Å². The Morgan fingerprint density at radius 2 is 2.07 bits per heavy atom. The Morgan fingerprint density at radius 3 is 2.47 bits per heavy atom. The lowest BCUT2D eigenvalue weighted by atomic mass is 10.3. The first-order chi connectivity index (χ1) is 6.95. The SMILES string of the molecule is CN(CCO)c1ccc(C(F)(F)F)c[nH+]1. The number of rotatable bonds is 3. The van der Waals surface area contributed by atoms with Crippen LogP contribution in [0.4, 0.5) is 19.0 Å². The van der Waals surface area contributed by atoms with Gasteiger partial charge >= 0.3 is 6.18 Å². The number of aliphatic hydroxyl groups is 1. The van der Waals surface area contributed by atoms with Gasteiger partial charge in [-0.15, -0.1) is 0 Å². The molecule has 2 N–H and O–H groups in total. The zero-order valence-corrected chi connectivity index (χ0v) is 8.17. The van der Waals surface area contributed by atoms with Gasteiger partial charge in [-0.05, 0) is 6.07 Å². The molecule has 84 valence electrons. The van der Waals surface area contributed by atoms with E-state index < -0.39 is 11.7 Å². The van der Waals surface area contributed by atoms with Crippen molar-refractivity contribution >= 4 is 5.82 Å². The third-order valence-electron chi connectivity index (χ3n) is 1.97. The number of likely N-dealkylation sites (N-methyl/N-ethyl adjacent to an activating group) is 1. The Balaban J connectivity index is 2.81. The van der Waals surface area contributed by atoms with Crippen molar-refractivity contribution in [3.05, 3.63) is 23.9 Å². The molecule has 0 saturated carbocycles. The summed E-state index contributed by atoms with van der Waals surface area (Å²) < 4.78 is 36.6. The van der Waals surface area contributed by atoms with E-state index in [1.165, 1.54) is 6.07 Å². The van der Waals surface area contributed by atoms with E-state index >= 15 is 0 Å². The van der Waals surface area contributed by atoms with Crippen LogP contribution in [0.3, 0.4) is 0 Å². The van der Waals surface area contributed by atoms with Crippen molar-refractivity contribution in [2.45, 2.75) is 6.18 Å². The van der Waals surface area contributed by atoms with Crippen LogP contribution in [0.15, 0.2) is 18.3 Å². The number of pyridine rings is 1. The minimum atomic E-state index is -4.33. The van der Waals surface area contributed by atoms with Gasteiger partial charge in [0.05, 0.1) is 19.2 Å². The van der Waals surface area contributed by atoms with E-state index in [0.29, 0.717) is 12.4 Å². The summed E-state index contributed by atoms with van der Waals surface area (Å²) in [6, 6.07) is 2.33. The smallest absolute Gasteiger partial charge is 0.392 e. The van der Waals surface area contributed by atoms with Gasteiger partial charge in [0.15, 0.2) is 0 Å². The molecule has 0 aliphatic rings. The number of aliphatic hydroxyl groups excluding tert-OH is 1. The van der Waals surface area contributed by atoms with Gasteiger partial charge < -0.3 is 5.11 Å². The number of halogens is 3. The largest absolute Gasteiger partial charge is 0.419 e. The van der Waals surface area contributed by atoms with Crippen LogP contribution in [0.5, 0.6) is 0 Å². The lowest BCUT2D eigenvalue weighted by Gasteiger charge is -2.10. The van der Waals surface area contributed by atoms with Crippen LogP contribution in [-0.4, -0.2) is 25.3 Å². The van der Waals surface area contributed by atoms with E-state index in [1.807, 2.05) is 0 Å². The van der Waals surface area contributed by atoms with Crippen LogP contribution >= 0.6 is 0 Å². The zero-order chi connectivity index (χ0) is 11.5. The highest BCUT2D eigenvalue weighted by Crippen LogP contribution is 2.28. The topological polar surface area (TPSA) is 37.6 Å². The first-order valence-electron chi connectivity index (χ1n) is 4.36. The van der Waals surface area contributed by atoms with Gasteiger partial charge in [-0.1, -0.05) is 0 Å². The standard InChI is InChI=1S/C9H11F3N2O/c1-14(4-5-15)8-3-2-7(6-13-8)9(10,11)12/h2-3,6,15H,4-5H2,1H3/p+1. The van der Waals surface area contributed by atoms with E-state index in [1.54, 1.807) is 11.9 Å². The maximum absolute atomic E-state index is 12.2. The van der Waals surface area contributed by atoms with E-state index in [4.69, 9.17) is 5.11 Å². The van der Waals surface area contributed by atoms with E-state index in [0.717, 1.165) is 12.3 Å². The summed E-state index contributed by atoms with van der Waals surface area (Å²) in [4.78, 5) is 4.15. The molecule has 0 aliphatic carbocycles. The molecule has 0 fully saturated rings. The average Bonchev–Trinajstić information content (AvgIpc) is 2.17. The summed E-state index contributed by atoms with van der Waals surface area (Å²) in [7, 11) is 1.68. The molecular formula is C9H12F3N2O+. The van der Waals surface area contributed by atoms with Crippen molar-refractivity contribution in [3.8, 4) is 0 Å². The molecule has 0 aliphatic heterocycles. The van der Waals surface area contributed by atoms with Gasteiger partial charge in [0.25, 0.3) is 5.82 Å². The first kappa shape index (κ1) is 11.8. The fourth-order valence-electron chi connectivity index (χ4n) is 1.10. The molecule has 6 heteroatoms. The Morgan fingerprint density at radius 1 is 1.40 bits per heavy atom. The van der Waals surface area contributed by atoms with Gasteiger partial charge in [-0.25, -0.2) is 4.98 Å². The number of aromatic amines is 1. The quantitative estimate of drug-likeness (QED) is 0.825. The number of H-pyrrole nitrogens is 1.